The average molecular weight is 240 g/mol. The second kappa shape index (κ2) is 5.67. The van der Waals surface area contributed by atoms with E-state index in [1.54, 1.807) is 6.20 Å². The molecule has 4 N–H and O–H groups in total. The van der Waals surface area contributed by atoms with E-state index in [4.69, 9.17) is 10.8 Å². The third kappa shape index (κ3) is 4.86. The zero-order valence-corrected chi connectivity index (χ0v) is 10.3. The van der Waals surface area contributed by atoms with Gasteiger partial charge in [-0.1, -0.05) is 13.8 Å². The smallest absolute Gasteiger partial charge is 0.241 e. The first-order valence-corrected chi connectivity index (χ1v) is 5.58. The maximum Gasteiger partial charge on any atom is 0.241 e. The molecule has 96 valence electrons. The lowest BCUT2D eigenvalue weighted by Crippen LogP contribution is -2.36. The van der Waals surface area contributed by atoms with Gasteiger partial charge in [-0.2, -0.15) is 5.10 Å². The summed E-state index contributed by atoms with van der Waals surface area (Å²) in [5.74, 6) is -0.112. The number of nitrogens with one attached hydrogen (secondary N) is 1. The number of nitrogens with zero attached hydrogens (tertiary/aromatic N) is 2. The predicted octanol–water partition coefficient (Wildman–Crippen LogP) is -0.00990. The molecule has 0 saturated heterocycles. The van der Waals surface area contributed by atoms with Crippen molar-refractivity contribution in [3.63, 3.8) is 0 Å². The summed E-state index contributed by atoms with van der Waals surface area (Å²) in [7, 11) is 0. The summed E-state index contributed by atoms with van der Waals surface area (Å²) < 4.78 is 1.49. The third-order valence-electron chi connectivity index (χ3n) is 2.51. The number of aliphatic hydroxyl groups is 1. The van der Waals surface area contributed by atoms with Crippen LogP contribution in [0.2, 0.25) is 0 Å². The molecule has 1 rings (SSSR count). The number of aromatic nitrogens is 2. The van der Waals surface area contributed by atoms with Crippen LogP contribution in [0.15, 0.2) is 12.4 Å². The molecular weight excluding hydrogens is 220 g/mol. The molecule has 0 atom stereocenters. The van der Waals surface area contributed by atoms with Gasteiger partial charge in [-0.05, 0) is 11.8 Å². The SMILES string of the molecule is CC(C)(CCO)CNC(=O)Cn1cc(N)cn1. The van der Waals surface area contributed by atoms with Gasteiger partial charge in [0.15, 0.2) is 0 Å². The van der Waals surface area contributed by atoms with Gasteiger partial charge < -0.3 is 16.2 Å². The van der Waals surface area contributed by atoms with E-state index < -0.39 is 0 Å². The molecule has 0 fully saturated rings. The highest BCUT2D eigenvalue weighted by Gasteiger charge is 2.18. The average Bonchev–Trinajstić information content (AvgIpc) is 2.61. The van der Waals surface area contributed by atoms with Gasteiger partial charge in [0.2, 0.25) is 5.91 Å². The van der Waals surface area contributed by atoms with E-state index in [-0.39, 0.29) is 24.5 Å². The molecule has 0 spiro atoms. The van der Waals surface area contributed by atoms with Crippen LogP contribution in [0.1, 0.15) is 20.3 Å². The topological polar surface area (TPSA) is 93.2 Å². The Kier molecular flexibility index (Phi) is 4.51. The van der Waals surface area contributed by atoms with E-state index in [1.807, 2.05) is 13.8 Å². The lowest BCUT2D eigenvalue weighted by atomic mass is 9.90. The molecule has 17 heavy (non-hydrogen) atoms. The molecule has 6 heteroatoms. The Hall–Kier alpha value is -1.56. The molecule has 1 aromatic heterocycles. The number of hydrogen-bond donors (Lipinski definition) is 3. The summed E-state index contributed by atoms with van der Waals surface area (Å²) >= 11 is 0. The largest absolute Gasteiger partial charge is 0.396 e. The fourth-order valence-corrected chi connectivity index (χ4v) is 1.40. The molecule has 0 aliphatic carbocycles. The Labute approximate surface area is 101 Å². The summed E-state index contributed by atoms with van der Waals surface area (Å²) in [6.45, 7) is 4.80. The van der Waals surface area contributed by atoms with Crippen LogP contribution in [-0.4, -0.2) is 33.9 Å². The Balaban J connectivity index is 2.35. The Morgan fingerprint density at radius 3 is 2.88 bits per heavy atom. The molecule has 0 bridgehead atoms. The molecule has 0 aliphatic heterocycles. The van der Waals surface area contributed by atoms with E-state index in [9.17, 15) is 4.79 Å². The Morgan fingerprint density at radius 1 is 1.65 bits per heavy atom. The zero-order valence-electron chi connectivity index (χ0n) is 10.3. The molecule has 0 aromatic carbocycles. The van der Waals surface area contributed by atoms with Crippen LogP contribution in [0.5, 0.6) is 0 Å². The highest BCUT2D eigenvalue weighted by atomic mass is 16.3. The fraction of sp³-hybridized carbons (Fsp3) is 0.636. The van der Waals surface area contributed by atoms with Crippen molar-refractivity contribution in [2.75, 3.05) is 18.9 Å². The van der Waals surface area contributed by atoms with Crippen LogP contribution < -0.4 is 11.1 Å². The van der Waals surface area contributed by atoms with Crippen LogP contribution in [0.4, 0.5) is 5.69 Å². The van der Waals surface area contributed by atoms with E-state index in [2.05, 4.69) is 10.4 Å². The molecule has 1 heterocycles. The van der Waals surface area contributed by atoms with Crippen molar-refractivity contribution in [1.82, 2.24) is 15.1 Å². The van der Waals surface area contributed by atoms with Crippen LogP contribution in [0, 0.1) is 5.41 Å². The number of nitrogen functional groups attached to an aromatic ring is 1. The van der Waals surface area contributed by atoms with Crippen molar-refractivity contribution in [2.24, 2.45) is 5.41 Å². The van der Waals surface area contributed by atoms with Gasteiger partial charge >= 0.3 is 0 Å². The second-order valence-corrected chi connectivity index (χ2v) is 4.89. The van der Waals surface area contributed by atoms with Gasteiger partial charge in [0.1, 0.15) is 6.54 Å². The first-order valence-electron chi connectivity index (χ1n) is 5.58. The molecule has 1 amide bonds. The number of anilines is 1. The van der Waals surface area contributed by atoms with Crippen molar-refractivity contribution >= 4 is 11.6 Å². The molecule has 1 aromatic rings. The summed E-state index contributed by atoms with van der Waals surface area (Å²) in [6, 6.07) is 0. The summed E-state index contributed by atoms with van der Waals surface area (Å²) in [4.78, 5) is 11.6. The van der Waals surface area contributed by atoms with E-state index in [0.29, 0.717) is 18.7 Å². The highest BCUT2D eigenvalue weighted by molar-refractivity contribution is 5.75. The first-order chi connectivity index (χ1) is 7.93. The second-order valence-electron chi connectivity index (χ2n) is 4.89. The Bertz CT molecular complexity index is 373. The maximum atomic E-state index is 11.6. The van der Waals surface area contributed by atoms with E-state index in [1.165, 1.54) is 10.9 Å². The van der Waals surface area contributed by atoms with E-state index in [0.717, 1.165) is 0 Å². The number of amides is 1. The molecule has 0 saturated carbocycles. The van der Waals surface area contributed by atoms with E-state index >= 15 is 0 Å². The van der Waals surface area contributed by atoms with Gasteiger partial charge in [0.25, 0.3) is 0 Å². The quantitative estimate of drug-likeness (QED) is 0.652. The van der Waals surface area contributed by atoms with Crippen molar-refractivity contribution in [2.45, 2.75) is 26.8 Å². The molecule has 6 nitrogen and oxygen atoms in total. The van der Waals surface area contributed by atoms with Gasteiger partial charge in [-0.3, -0.25) is 9.48 Å². The van der Waals surface area contributed by atoms with Crippen molar-refractivity contribution in [1.29, 1.82) is 0 Å². The van der Waals surface area contributed by atoms with Crippen molar-refractivity contribution in [3.8, 4) is 0 Å². The standard InChI is InChI=1S/C11H20N4O2/c1-11(2,3-4-16)8-13-10(17)7-15-6-9(12)5-14-15/h5-6,16H,3-4,7-8,12H2,1-2H3,(H,13,17). The van der Waals surface area contributed by atoms with Crippen LogP contribution >= 0.6 is 0 Å². The van der Waals surface area contributed by atoms with Crippen molar-refractivity contribution in [3.05, 3.63) is 12.4 Å². The van der Waals surface area contributed by atoms with Gasteiger partial charge in [0, 0.05) is 19.3 Å². The zero-order chi connectivity index (χ0) is 12.9. The number of hydrogen-bond acceptors (Lipinski definition) is 4. The predicted molar refractivity (Wildman–Crippen MR) is 65.1 cm³/mol. The van der Waals surface area contributed by atoms with Gasteiger partial charge in [0.05, 0.1) is 11.9 Å². The summed E-state index contributed by atoms with van der Waals surface area (Å²) in [5, 5.41) is 15.6. The minimum absolute atomic E-state index is 0.104. The molecular formula is C11H20N4O2. The van der Waals surface area contributed by atoms with Gasteiger partial charge in [-0.15, -0.1) is 0 Å². The van der Waals surface area contributed by atoms with Gasteiger partial charge in [-0.25, -0.2) is 0 Å². The monoisotopic (exact) mass is 240 g/mol. The maximum absolute atomic E-state index is 11.6. The molecule has 0 aliphatic rings. The van der Waals surface area contributed by atoms with Crippen LogP contribution in [0.3, 0.4) is 0 Å². The number of aliphatic hydroxyl groups excluding tert-OH is 1. The van der Waals surface area contributed by atoms with Crippen LogP contribution in [0.25, 0.3) is 0 Å². The van der Waals surface area contributed by atoms with Crippen molar-refractivity contribution < 1.29 is 9.90 Å². The number of nitrogens with two attached hydrogens (primary N) is 1. The first kappa shape index (κ1) is 13.5. The Morgan fingerprint density at radius 2 is 2.35 bits per heavy atom. The highest BCUT2D eigenvalue weighted by Crippen LogP contribution is 2.17. The molecule has 0 unspecified atom stereocenters. The lowest BCUT2D eigenvalue weighted by molar-refractivity contribution is -0.122. The fourth-order valence-electron chi connectivity index (χ4n) is 1.40. The summed E-state index contributed by atoms with van der Waals surface area (Å²) in [6.07, 6.45) is 3.77. The minimum Gasteiger partial charge on any atom is -0.396 e. The third-order valence-corrected chi connectivity index (χ3v) is 2.51. The van der Waals surface area contributed by atoms with Crippen LogP contribution in [-0.2, 0) is 11.3 Å². The lowest BCUT2D eigenvalue weighted by Gasteiger charge is -2.23. The number of carbonyl (C=O) groups is 1. The molecule has 0 radical (unpaired) electrons. The number of carbonyl (C=O) groups excluding carboxylic acids is 1. The number of rotatable bonds is 6. The minimum atomic E-state index is -0.112. The normalized spacial score (nSPS) is 11.5. The summed E-state index contributed by atoms with van der Waals surface area (Å²) in [5.41, 5.74) is 5.93.